The van der Waals surface area contributed by atoms with E-state index in [-0.39, 0.29) is 18.6 Å². The van der Waals surface area contributed by atoms with Gasteiger partial charge in [0, 0.05) is 19.6 Å². The van der Waals surface area contributed by atoms with E-state index in [9.17, 15) is 9.59 Å². The van der Waals surface area contributed by atoms with Gasteiger partial charge in [0.25, 0.3) is 0 Å². The van der Waals surface area contributed by atoms with E-state index in [2.05, 4.69) is 0 Å². The minimum atomic E-state index is -0.900. The molecule has 0 radical (unpaired) electrons. The molecule has 0 fully saturated rings. The maximum atomic E-state index is 11.6. The average molecular weight is 260 g/mol. The van der Waals surface area contributed by atoms with Crippen LogP contribution in [0.15, 0.2) is 0 Å². The minimum absolute atomic E-state index is 0.0455. The highest BCUT2D eigenvalue weighted by molar-refractivity contribution is 5.68. The molecule has 0 bridgehead atoms. The molecule has 0 aromatic heterocycles. The van der Waals surface area contributed by atoms with Crippen LogP contribution in [0.25, 0.3) is 0 Å². The largest absolute Gasteiger partial charge is 0.481 e. The molecule has 0 rings (SSSR count). The van der Waals surface area contributed by atoms with Crippen molar-refractivity contribution in [3.05, 3.63) is 0 Å². The summed E-state index contributed by atoms with van der Waals surface area (Å²) in [7, 11) is 1.65. The molecule has 3 N–H and O–H groups in total. The first-order valence-electron chi connectivity index (χ1n) is 6.03. The molecule has 0 aliphatic rings. The third-order valence-electron chi connectivity index (χ3n) is 2.21. The number of carboxylic acids is 1. The summed E-state index contributed by atoms with van der Waals surface area (Å²) in [5.41, 5.74) is 5.11. The first-order valence-corrected chi connectivity index (χ1v) is 6.03. The summed E-state index contributed by atoms with van der Waals surface area (Å²) in [5.74, 6) is -0.900. The van der Waals surface area contributed by atoms with Gasteiger partial charge in [0.05, 0.1) is 6.42 Å². The van der Waals surface area contributed by atoms with Crippen LogP contribution in [0.4, 0.5) is 4.79 Å². The van der Waals surface area contributed by atoms with Crippen molar-refractivity contribution in [1.82, 2.24) is 4.90 Å². The maximum absolute atomic E-state index is 11.6. The van der Waals surface area contributed by atoms with Gasteiger partial charge in [-0.2, -0.15) is 0 Å². The molecule has 18 heavy (non-hydrogen) atoms. The number of carboxylic acid groups (broad SMARTS) is 1. The fourth-order valence-corrected chi connectivity index (χ4v) is 1.35. The van der Waals surface area contributed by atoms with Gasteiger partial charge in [0.2, 0.25) is 0 Å². The second kappa shape index (κ2) is 7.20. The second-order valence-electron chi connectivity index (χ2n) is 5.40. The Kier molecular flexibility index (Phi) is 6.68. The van der Waals surface area contributed by atoms with Crippen LogP contribution in [0.3, 0.4) is 0 Å². The van der Waals surface area contributed by atoms with Crippen molar-refractivity contribution in [3.63, 3.8) is 0 Å². The number of hydrogen-bond acceptors (Lipinski definition) is 4. The molecule has 0 aliphatic heterocycles. The predicted octanol–water partition coefficient (Wildman–Crippen LogP) is 1.44. The van der Waals surface area contributed by atoms with Crippen molar-refractivity contribution >= 4 is 12.1 Å². The topological polar surface area (TPSA) is 92.9 Å². The zero-order valence-corrected chi connectivity index (χ0v) is 11.6. The fourth-order valence-electron chi connectivity index (χ4n) is 1.35. The molecule has 1 atom stereocenters. The van der Waals surface area contributed by atoms with E-state index < -0.39 is 11.6 Å². The summed E-state index contributed by atoms with van der Waals surface area (Å²) in [5, 5.41) is 8.54. The van der Waals surface area contributed by atoms with Crippen molar-refractivity contribution in [3.8, 4) is 0 Å². The zero-order valence-electron chi connectivity index (χ0n) is 11.6. The summed E-state index contributed by atoms with van der Waals surface area (Å²) >= 11 is 0. The van der Waals surface area contributed by atoms with Gasteiger partial charge in [0.15, 0.2) is 0 Å². The third kappa shape index (κ3) is 8.81. The Balaban J connectivity index is 3.86. The second-order valence-corrected chi connectivity index (χ2v) is 5.40. The number of amides is 1. The number of carbonyl (C=O) groups is 2. The number of nitrogens with zero attached hydrogens (tertiary/aromatic N) is 1. The summed E-state index contributed by atoms with van der Waals surface area (Å²) in [6.07, 6.45) is 0.800. The van der Waals surface area contributed by atoms with Gasteiger partial charge in [-0.1, -0.05) is 0 Å². The van der Waals surface area contributed by atoms with Crippen LogP contribution >= 0.6 is 0 Å². The summed E-state index contributed by atoms with van der Waals surface area (Å²) in [6.45, 7) is 5.92. The number of aliphatic carboxylic acids is 1. The van der Waals surface area contributed by atoms with Crippen molar-refractivity contribution < 1.29 is 19.4 Å². The highest BCUT2D eigenvalue weighted by atomic mass is 16.6. The Morgan fingerprint density at radius 1 is 1.39 bits per heavy atom. The lowest BCUT2D eigenvalue weighted by molar-refractivity contribution is -0.137. The summed E-state index contributed by atoms with van der Waals surface area (Å²) < 4.78 is 5.18. The highest BCUT2D eigenvalue weighted by Gasteiger charge is 2.19. The van der Waals surface area contributed by atoms with Crippen LogP contribution in [0.5, 0.6) is 0 Å². The number of hydrogen-bond donors (Lipinski definition) is 2. The number of carbonyl (C=O) groups excluding carboxylic acids is 1. The molecule has 0 aromatic carbocycles. The Morgan fingerprint density at radius 2 is 1.94 bits per heavy atom. The molecular formula is C12H24N2O4. The molecule has 1 amide bonds. The fraction of sp³-hybridized carbons (Fsp3) is 0.833. The van der Waals surface area contributed by atoms with E-state index >= 15 is 0 Å². The lowest BCUT2D eigenvalue weighted by atomic mass is 10.1. The van der Waals surface area contributed by atoms with Crippen molar-refractivity contribution in [2.24, 2.45) is 5.73 Å². The molecular weight excluding hydrogens is 236 g/mol. The van der Waals surface area contributed by atoms with Crippen LogP contribution in [0.1, 0.15) is 40.0 Å². The smallest absolute Gasteiger partial charge is 0.410 e. The molecule has 0 aliphatic carbocycles. The lowest BCUT2D eigenvalue weighted by Crippen LogP contribution is -2.35. The molecule has 0 spiro atoms. The first-order chi connectivity index (χ1) is 8.11. The standard InChI is InChI=1S/C12H24N2O4/c1-12(2,3)18-11(17)14(4)7-5-6-9(13)8-10(15)16/h9H,5-8,13H2,1-4H3,(H,15,16)/t9-/m0/s1. The van der Waals surface area contributed by atoms with Crippen LogP contribution < -0.4 is 5.73 Å². The summed E-state index contributed by atoms with van der Waals surface area (Å²) in [6, 6.07) is -0.366. The number of ether oxygens (including phenoxy) is 1. The summed E-state index contributed by atoms with van der Waals surface area (Å²) in [4.78, 5) is 23.5. The molecule has 0 aromatic rings. The average Bonchev–Trinajstić information content (AvgIpc) is 2.13. The van der Waals surface area contributed by atoms with Gasteiger partial charge >= 0.3 is 12.1 Å². The molecule has 6 nitrogen and oxygen atoms in total. The van der Waals surface area contributed by atoms with Gasteiger partial charge in [-0.15, -0.1) is 0 Å². The van der Waals surface area contributed by atoms with Crippen LogP contribution in [-0.2, 0) is 9.53 Å². The quantitative estimate of drug-likeness (QED) is 0.753. The minimum Gasteiger partial charge on any atom is -0.481 e. The lowest BCUT2D eigenvalue weighted by Gasteiger charge is -2.24. The van der Waals surface area contributed by atoms with Gasteiger partial charge < -0.3 is 20.5 Å². The molecule has 6 heteroatoms. The number of rotatable bonds is 6. The number of nitrogens with two attached hydrogens (primary N) is 1. The van der Waals surface area contributed by atoms with Crippen LogP contribution in [-0.4, -0.2) is 47.3 Å². The van der Waals surface area contributed by atoms with Crippen LogP contribution in [0, 0.1) is 0 Å². The van der Waals surface area contributed by atoms with E-state index in [0.29, 0.717) is 19.4 Å². The van der Waals surface area contributed by atoms with Crippen LogP contribution in [0.2, 0.25) is 0 Å². The van der Waals surface area contributed by atoms with Crippen molar-refractivity contribution in [2.75, 3.05) is 13.6 Å². The maximum Gasteiger partial charge on any atom is 0.410 e. The van der Waals surface area contributed by atoms with Crippen molar-refractivity contribution in [1.29, 1.82) is 0 Å². The van der Waals surface area contributed by atoms with Gasteiger partial charge in [-0.3, -0.25) is 4.79 Å². The SMILES string of the molecule is CN(CCC[C@H](N)CC(=O)O)C(=O)OC(C)(C)C. The van der Waals surface area contributed by atoms with Gasteiger partial charge in [0.1, 0.15) is 5.60 Å². The third-order valence-corrected chi connectivity index (χ3v) is 2.21. The first kappa shape index (κ1) is 16.7. The molecule has 0 saturated carbocycles. The normalized spacial score (nSPS) is 12.9. The van der Waals surface area contributed by atoms with E-state index in [0.717, 1.165) is 0 Å². The Labute approximate surface area is 108 Å². The molecule has 106 valence electrons. The van der Waals surface area contributed by atoms with E-state index in [1.165, 1.54) is 4.90 Å². The van der Waals surface area contributed by atoms with E-state index in [1.807, 2.05) is 20.8 Å². The molecule has 0 heterocycles. The predicted molar refractivity (Wildman–Crippen MR) is 68.3 cm³/mol. The molecule has 0 unspecified atom stereocenters. The monoisotopic (exact) mass is 260 g/mol. The van der Waals surface area contributed by atoms with E-state index in [4.69, 9.17) is 15.6 Å². The van der Waals surface area contributed by atoms with E-state index in [1.54, 1.807) is 7.05 Å². The van der Waals surface area contributed by atoms with Gasteiger partial charge in [-0.05, 0) is 33.6 Å². The highest BCUT2D eigenvalue weighted by Crippen LogP contribution is 2.09. The van der Waals surface area contributed by atoms with Crippen molar-refractivity contribution in [2.45, 2.75) is 51.7 Å². The molecule has 0 saturated heterocycles. The Bertz CT molecular complexity index is 286. The van der Waals surface area contributed by atoms with Gasteiger partial charge in [-0.25, -0.2) is 4.79 Å². The Hall–Kier alpha value is -1.30. The zero-order chi connectivity index (χ0) is 14.3. The Morgan fingerprint density at radius 3 is 2.39 bits per heavy atom.